The Morgan fingerprint density at radius 1 is 1.13 bits per heavy atom. The Balaban J connectivity index is 2.08. The molecule has 4 nitrogen and oxygen atoms in total. The van der Waals surface area contributed by atoms with Crippen LogP contribution in [-0.2, 0) is 9.47 Å². The van der Waals surface area contributed by atoms with Crippen LogP contribution in [0.25, 0.3) is 0 Å². The highest BCUT2D eigenvalue weighted by Crippen LogP contribution is 2.30. The van der Waals surface area contributed by atoms with Crippen LogP contribution < -0.4 is 5.73 Å². The van der Waals surface area contributed by atoms with Crippen molar-refractivity contribution in [1.82, 2.24) is 0 Å². The number of hydrogen-bond acceptors (Lipinski definition) is 4. The van der Waals surface area contributed by atoms with Gasteiger partial charge < -0.3 is 20.3 Å². The first kappa shape index (κ1) is 10.6. The van der Waals surface area contributed by atoms with E-state index in [0.29, 0.717) is 6.54 Å². The zero-order valence-electron chi connectivity index (χ0n) is 8.37. The largest absolute Gasteiger partial charge is 0.394 e. The van der Waals surface area contributed by atoms with E-state index in [9.17, 15) is 0 Å². The van der Waals surface area contributed by atoms with E-state index in [1.807, 2.05) is 30.3 Å². The summed E-state index contributed by atoms with van der Waals surface area (Å²) in [5, 5.41) is 9.07. The van der Waals surface area contributed by atoms with Crippen LogP contribution in [0.1, 0.15) is 11.9 Å². The van der Waals surface area contributed by atoms with Crippen LogP contribution in [0.4, 0.5) is 0 Å². The van der Waals surface area contributed by atoms with E-state index in [1.165, 1.54) is 0 Å². The van der Waals surface area contributed by atoms with Crippen LogP contribution in [0.2, 0.25) is 0 Å². The third kappa shape index (κ3) is 2.18. The number of hydrogen-bond donors (Lipinski definition) is 2. The summed E-state index contributed by atoms with van der Waals surface area (Å²) in [6, 6.07) is 9.63. The van der Waals surface area contributed by atoms with Gasteiger partial charge in [0, 0.05) is 12.1 Å². The second-order valence-corrected chi connectivity index (χ2v) is 3.51. The molecule has 0 radical (unpaired) electrons. The van der Waals surface area contributed by atoms with Gasteiger partial charge >= 0.3 is 0 Å². The molecule has 1 fully saturated rings. The predicted molar refractivity (Wildman–Crippen MR) is 55.1 cm³/mol. The highest BCUT2D eigenvalue weighted by molar-refractivity contribution is 5.16. The molecule has 3 atom stereocenters. The zero-order chi connectivity index (χ0) is 10.7. The minimum absolute atomic E-state index is 0.0643. The molecule has 2 rings (SSSR count). The molecule has 0 bridgehead atoms. The predicted octanol–water partition coefficient (Wildman–Crippen LogP) is 0.420. The molecule has 1 aliphatic rings. The molecule has 4 heteroatoms. The Morgan fingerprint density at radius 3 is 2.33 bits per heavy atom. The number of nitrogens with two attached hydrogens (primary N) is 1. The number of ether oxygens (including phenoxy) is 2. The van der Waals surface area contributed by atoms with E-state index in [4.69, 9.17) is 20.3 Å². The summed E-state index contributed by atoms with van der Waals surface area (Å²) < 4.78 is 11.1. The molecule has 1 aromatic carbocycles. The van der Waals surface area contributed by atoms with Crippen LogP contribution in [-0.4, -0.2) is 30.5 Å². The van der Waals surface area contributed by atoms with Crippen molar-refractivity contribution in [1.29, 1.82) is 0 Å². The molecule has 1 unspecified atom stereocenters. The molecule has 82 valence electrons. The Bertz CT molecular complexity index is 292. The molecule has 1 aromatic rings. The van der Waals surface area contributed by atoms with Crippen molar-refractivity contribution in [3.8, 4) is 0 Å². The van der Waals surface area contributed by atoms with Gasteiger partial charge in [0.2, 0.25) is 0 Å². The number of aliphatic hydroxyl groups excluding tert-OH is 1. The fourth-order valence-corrected chi connectivity index (χ4v) is 1.66. The summed E-state index contributed by atoms with van der Waals surface area (Å²) in [6.45, 7) is 0.291. The molecule has 15 heavy (non-hydrogen) atoms. The lowest BCUT2D eigenvalue weighted by molar-refractivity contribution is -0.0729. The summed E-state index contributed by atoms with van der Waals surface area (Å²) in [5.41, 5.74) is 6.47. The van der Waals surface area contributed by atoms with Crippen molar-refractivity contribution >= 4 is 0 Å². The standard InChI is InChI=1S/C11H15NO3/c12-6-9-10(7-13)15-11(14-9)8-4-2-1-3-5-8/h1-5,9-11,13H,6-7,12H2/t9?,10-,11-/m0/s1. The molecule has 1 saturated heterocycles. The van der Waals surface area contributed by atoms with Crippen molar-refractivity contribution in [2.45, 2.75) is 18.5 Å². The van der Waals surface area contributed by atoms with Gasteiger partial charge in [0.1, 0.15) is 12.2 Å². The lowest BCUT2D eigenvalue weighted by atomic mass is 10.2. The van der Waals surface area contributed by atoms with Gasteiger partial charge in [-0.05, 0) is 0 Å². The first-order chi connectivity index (χ1) is 7.35. The first-order valence-electron chi connectivity index (χ1n) is 5.02. The zero-order valence-corrected chi connectivity index (χ0v) is 8.37. The van der Waals surface area contributed by atoms with Crippen LogP contribution in [0, 0.1) is 0 Å². The van der Waals surface area contributed by atoms with Gasteiger partial charge in [0.25, 0.3) is 0 Å². The maximum atomic E-state index is 9.07. The van der Waals surface area contributed by atoms with E-state index >= 15 is 0 Å². The first-order valence-corrected chi connectivity index (χ1v) is 5.02. The third-order valence-electron chi connectivity index (χ3n) is 2.50. The second-order valence-electron chi connectivity index (χ2n) is 3.51. The fourth-order valence-electron chi connectivity index (χ4n) is 1.66. The molecule has 0 amide bonds. The summed E-state index contributed by atoms with van der Waals surface area (Å²) in [4.78, 5) is 0. The van der Waals surface area contributed by atoms with E-state index in [0.717, 1.165) is 5.56 Å². The van der Waals surface area contributed by atoms with Crippen molar-refractivity contribution in [3.05, 3.63) is 35.9 Å². The molecule has 0 aromatic heterocycles. The number of aliphatic hydroxyl groups is 1. The van der Waals surface area contributed by atoms with Gasteiger partial charge in [-0.25, -0.2) is 0 Å². The van der Waals surface area contributed by atoms with Gasteiger partial charge in [-0.3, -0.25) is 0 Å². The van der Waals surface area contributed by atoms with Gasteiger partial charge in [0.15, 0.2) is 6.29 Å². The summed E-state index contributed by atoms with van der Waals surface area (Å²) in [7, 11) is 0. The number of benzene rings is 1. The molecule has 0 aliphatic carbocycles. The van der Waals surface area contributed by atoms with Crippen LogP contribution in [0.3, 0.4) is 0 Å². The Labute approximate surface area is 88.6 Å². The van der Waals surface area contributed by atoms with Crippen molar-refractivity contribution < 1.29 is 14.6 Å². The fraction of sp³-hybridized carbons (Fsp3) is 0.455. The van der Waals surface area contributed by atoms with E-state index in [1.54, 1.807) is 0 Å². The van der Waals surface area contributed by atoms with Crippen LogP contribution >= 0.6 is 0 Å². The molecule has 3 N–H and O–H groups in total. The van der Waals surface area contributed by atoms with Crippen molar-refractivity contribution in [2.24, 2.45) is 5.73 Å². The maximum Gasteiger partial charge on any atom is 0.184 e. The Kier molecular flexibility index (Phi) is 3.33. The molecule has 1 heterocycles. The quantitative estimate of drug-likeness (QED) is 0.757. The summed E-state index contributed by atoms with van der Waals surface area (Å²) >= 11 is 0. The Morgan fingerprint density at radius 2 is 1.80 bits per heavy atom. The molecular formula is C11H15NO3. The number of rotatable bonds is 3. The molecule has 1 aliphatic heterocycles. The second kappa shape index (κ2) is 4.72. The highest BCUT2D eigenvalue weighted by atomic mass is 16.7. The Hall–Kier alpha value is -0.940. The van der Waals surface area contributed by atoms with Crippen molar-refractivity contribution in [2.75, 3.05) is 13.2 Å². The minimum atomic E-state index is -0.406. The summed E-state index contributed by atoms with van der Waals surface area (Å²) in [5.74, 6) is 0. The SMILES string of the molecule is NCC1O[C@H](c2ccccc2)O[C@H]1CO. The summed E-state index contributed by atoms with van der Waals surface area (Å²) in [6.07, 6.45) is -0.947. The lowest BCUT2D eigenvalue weighted by Gasteiger charge is -2.10. The van der Waals surface area contributed by atoms with Gasteiger partial charge in [0.05, 0.1) is 6.61 Å². The van der Waals surface area contributed by atoms with E-state index in [2.05, 4.69) is 0 Å². The average Bonchev–Trinajstić information content (AvgIpc) is 2.73. The van der Waals surface area contributed by atoms with Crippen LogP contribution in [0.5, 0.6) is 0 Å². The van der Waals surface area contributed by atoms with E-state index in [-0.39, 0.29) is 18.8 Å². The minimum Gasteiger partial charge on any atom is -0.394 e. The smallest absolute Gasteiger partial charge is 0.184 e. The average molecular weight is 209 g/mol. The lowest BCUT2D eigenvalue weighted by Crippen LogP contribution is -2.32. The molecule has 0 saturated carbocycles. The highest BCUT2D eigenvalue weighted by Gasteiger charge is 2.35. The van der Waals surface area contributed by atoms with Crippen LogP contribution in [0.15, 0.2) is 30.3 Å². The van der Waals surface area contributed by atoms with Gasteiger partial charge in [-0.15, -0.1) is 0 Å². The van der Waals surface area contributed by atoms with E-state index < -0.39 is 6.29 Å². The third-order valence-corrected chi connectivity index (χ3v) is 2.50. The maximum absolute atomic E-state index is 9.07. The molecular weight excluding hydrogens is 194 g/mol. The topological polar surface area (TPSA) is 64.7 Å². The van der Waals surface area contributed by atoms with Gasteiger partial charge in [-0.2, -0.15) is 0 Å². The molecule has 0 spiro atoms. The monoisotopic (exact) mass is 209 g/mol. The normalized spacial score (nSPS) is 30.7. The van der Waals surface area contributed by atoms with Gasteiger partial charge in [-0.1, -0.05) is 30.3 Å². The van der Waals surface area contributed by atoms with Crippen molar-refractivity contribution in [3.63, 3.8) is 0 Å².